The van der Waals surface area contributed by atoms with E-state index in [1.54, 1.807) is 38.5 Å². The molecule has 6 fully saturated rings. The van der Waals surface area contributed by atoms with Crippen molar-refractivity contribution in [2.24, 2.45) is 59.2 Å². The van der Waals surface area contributed by atoms with Gasteiger partial charge in [0.25, 0.3) is 0 Å². The van der Waals surface area contributed by atoms with Crippen molar-refractivity contribution in [1.82, 2.24) is 0 Å². The van der Waals surface area contributed by atoms with E-state index in [0.29, 0.717) is 0 Å². The minimum absolute atomic E-state index is 1.23. The molecule has 0 radical (unpaired) electrons. The fourth-order valence-corrected chi connectivity index (χ4v) is 8.74. The van der Waals surface area contributed by atoms with E-state index in [4.69, 9.17) is 0 Å². The Balaban J connectivity index is 1.62. The highest BCUT2D eigenvalue weighted by atomic mass is 14.8. The van der Waals surface area contributed by atoms with Gasteiger partial charge in [0.2, 0.25) is 0 Å². The lowest BCUT2D eigenvalue weighted by atomic mass is 9.85. The minimum Gasteiger partial charge on any atom is -0.0496 e. The van der Waals surface area contributed by atoms with E-state index in [1.807, 2.05) is 0 Å². The van der Waals surface area contributed by atoms with Gasteiger partial charge in [-0.05, 0) is 97.7 Å². The normalized spacial score (nSPS) is 76.5. The molecule has 0 nitrogen and oxygen atoms in total. The molecular formula is C16H22. The van der Waals surface area contributed by atoms with Crippen molar-refractivity contribution in [3.8, 4) is 0 Å². The maximum atomic E-state index is 1.65. The molecule has 4 unspecified atom stereocenters. The maximum Gasteiger partial charge on any atom is -0.0313 e. The molecule has 0 aromatic rings. The molecule has 6 saturated carbocycles. The van der Waals surface area contributed by atoms with Crippen LogP contribution in [-0.4, -0.2) is 0 Å². The molecule has 0 bridgehead atoms. The quantitative estimate of drug-likeness (QED) is 0.578. The molecule has 0 heterocycles. The zero-order chi connectivity index (χ0) is 10.0. The Bertz CT molecular complexity index is 285. The molecule has 0 amide bonds. The number of hydrogen-bond donors (Lipinski definition) is 0. The van der Waals surface area contributed by atoms with Gasteiger partial charge in [0, 0.05) is 0 Å². The van der Waals surface area contributed by atoms with Crippen molar-refractivity contribution in [2.45, 2.75) is 38.5 Å². The van der Waals surface area contributed by atoms with Gasteiger partial charge >= 0.3 is 0 Å². The molecule has 0 aromatic heterocycles. The highest BCUT2D eigenvalue weighted by Gasteiger charge is 2.74. The second kappa shape index (κ2) is 2.27. The van der Waals surface area contributed by atoms with E-state index in [0.717, 1.165) is 0 Å². The summed E-state index contributed by atoms with van der Waals surface area (Å²) in [4.78, 5) is 0. The lowest BCUT2D eigenvalue weighted by Gasteiger charge is -2.19. The highest BCUT2D eigenvalue weighted by molar-refractivity contribution is 5.22. The first kappa shape index (κ1) is 8.16. The first-order valence-corrected chi connectivity index (χ1v) is 7.95. The molecule has 6 aliphatic rings. The summed E-state index contributed by atoms with van der Waals surface area (Å²) >= 11 is 0. The molecule has 0 aromatic carbocycles. The third kappa shape index (κ3) is 0.596. The monoisotopic (exact) mass is 214 g/mol. The SMILES string of the molecule is C1C[C@@H]2C3C4C5[C@@H](CC[C@@H]5[C@H]13)[C@H]1CC[C@H]2C41. The fourth-order valence-electron chi connectivity index (χ4n) is 8.74. The molecule has 6 aliphatic carbocycles. The summed E-state index contributed by atoms with van der Waals surface area (Å²) in [5.41, 5.74) is 0. The Hall–Kier alpha value is 0. The van der Waals surface area contributed by atoms with Gasteiger partial charge in [-0.3, -0.25) is 0 Å². The minimum atomic E-state index is 1.23. The maximum absolute atomic E-state index is 1.65. The van der Waals surface area contributed by atoms with Gasteiger partial charge in [-0.25, -0.2) is 0 Å². The van der Waals surface area contributed by atoms with E-state index in [-0.39, 0.29) is 0 Å². The lowest BCUT2D eigenvalue weighted by Crippen LogP contribution is -2.14. The van der Waals surface area contributed by atoms with Crippen LogP contribution in [0, 0.1) is 59.2 Å². The van der Waals surface area contributed by atoms with Crippen LogP contribution in [0.25, 0.3) is 0 Å². The largest absolute Gasteiger partial charge is 0.0496 e. The second-order valence-electron chi connectivity index (χ2n) is 8.02. The predicted molar refractivity (Wildman–Crippen MR) is 62.6 cm³/mol. The Morgan fingerprint density at radius 1 is 0.312 bits per heavy atom. The summed E-state index contributed by atoms with van der Waals surface area (Å²) in [5, 5.41) is 0. The van der Waals surface area contributed by atoms with Gasteiger partial charge in [0.1, 0.15) is 0 Å². The Labute approximate surface area is 98.2 Å². The Morgan fingerprint density at radius 3 is 0.812 bits per heavy atom. The molecule has 0 saturated heterocycles. The van der Waals surface area contributed by atoms with Crippen molar-refractivity contribution < 1.29 is 0 Å². The molecule has 0 N–H and O–H groups in total. The fraction of sp³-hybridized carbons (Fsp3) is 1.00. The van der Waals surface area contributed by atoms with Gasteiger partial charge in [-0.1, -0.05) is 0 Å². The van der Waals surface area contributed by atoms with Crippen molar-refractivity contribution in [1.29, 1.82) is 0 Å². The van der Waals surface area contributed by atoms with Gasteiger partial charge in [-0.2, -0.15) is 0 Å². The van der Waals surface area contributed by atoms with Crippen LogP contribution in [0.5, 0.6) is 0 Å². The molecule has 16 heavy (non-hydrogen) atoms. The summed E-state index contributed by atoms with van der Waals surface area (Å²) < 4.78 is 0. The highest BCUT2D eigenvalue weighted by Crippen LogP contribution is 2.79. The average molecular weight is 214 g/mol. The van der Waals surface area contributed by atoms with E-state index < -0.39 is 0 Å². The molecule has 6 rings (SSSR count). The van der Waals surface area contributed by atoms with Gasteiger partial charge in [0.05, 0.1) is 0 Å². The third-order valence-electron chi connectivity index (χ3n) is 8.45. The first-order valence-electron chi connectivity index (χ1n) is 7.95. The van der Waals surface area contributed by atoms with Crippen LogP contribution in [0.15, 0.2) is 0 Å². The second-order valence-corrected chi connectivity index (χ2v) is 8.02. The standard InChI is InChI=1S/C16H22/c1-2-8-10-5-6-12-11-4-3-9-7(1)13(8)16(14(9)11)15(10)12/h7-16H,1-6H2/t7-,8-,9+,10+,11-,12+,13?,14?,15?,16?. The van der Waals surface area contributed by atoms with E-state index >= 15 is 0 Å². The van der Waals surface area contributed by atoms with Crippen LogP contribution in [0.2, 0.25) is 0 Å². The topological polar surface area (TPSA) is 0 Å². The predicted octanol–water partition coefficient (Wildman–Crippen LogP) is 3.57. The van der Waals surface area contributed by atoms with Crippen molar-refractivity contribution >= 4 is 0 Å². The Kier molecular flexibility index (Phi) is 1.16. The average Bonchev–Trinajstić information content (AvgIpc) is 2.97. The number of rotatable bonds is 0. The van der Waals surface area contributed by atoms with E-state index in [9.17, 15) is 0 Å². The Morgan fingerprint density at radius 2 is 0.562 bits per heavy atom. The molecule has 10 atom stereocenters. The van der Waals surface area contributed by atoms with Gasteiger partial charge < -0.3 is 0 Å². The van der Waals surface area contributed by atoms with Crippen LogP contribution < -0.4 is 0 Å². The van der Waals surface area contributed by atoms with E-state index in [2.05, 4.69) is 0 Å². The smallest absolute Gasteiger partial charge is 0.0313 e. The molecular weight excluding hydrogens is 192 g/mol. The number of fused-ring (bicyclic) bond motifs is 3. The van der Waals surface area contributed by atoms with Crippen molar-refractivity contribution in [3.05, 3.63) is 0 Å². The lowest BCUT2D eigenvalue weighted by molar-refractivity contribution is 0.284. The summed E-state index contributed by atoms with van der Waals surface area (Å²) in [6.07, 6.45) is 9.88. The van der Waals surface area contributed by atoms with Crippen molar-refractivity contribution in [3.63, 3.8) is 0 Å². The first-order chi connectivity index (χ1) is 7.95. The summed E-state index contributed by atoms with van der Waals surface area (Å²) in [5.74, 6) is 12.5. The van der Waals surface area contributed by atoms with E-state index in [1.165, 1.54) is 59.2 Å². The zero-order valence-electron chi connectivity index (χ0n) is 10.0. The van der Waals surface area contributed by atoms with Gasteiger partial charge in [-0.15, -0.1) is 0 Å². The van der Waals surface area contributed by atoms with Crippen LogP contribution in [0.4, 0.5) is 0 Å². The molecule has 0 heteroatoms. The molecule has 86 valence electrons. The zero-order valence-corrected chi connectivity index (χ0v) is 10.0. The van der Waals surface area contributed by atoms with Crippen LogP contribution in [0.3, 0.4) is 0 Å². The number of hydrogen-bond acceptors (Lipinski definition) is 0. The molecule has 0 aliphatic heterocycles. The summed E-state index contributed by atoms with van der Waals surface area (Å²) in [6, 6.07) is 0. The third-order valence-corrected chi connectivity index (χ3v) is 8.45. The van der Waals surface area contributed by atoms with Crippen molar-refractivity contribution in [2.75, 3.05) is 0 Å². The molecule has 0 spiro atoms. The summed E-state index contributed by atoms with van der Waals surface area (Å²) in [6.45, 7) is 0. The summed E-state index contributed by atoms with van der Waals surface area (Å²) in [7, 11) is 0. The van der Waals surface area contributed by atoms with Crippen LogP contribution in [0.1, 0.15) is 38.5 Å². The van der Waals surface area contributed by atoms with Crippen LogP contribution in [-0.2, 0) is 0 Å². The van der Waals surface area contributed by atoms with Gasteiger partial charge in [0.15, 0.2) is 0 Å². The van der Waals surface area contributed by atoms with Crippen LogP contribution >= 0.6 is 0 Å².